The average molecular weight is 248 g/mol. The van der Waals surface area contributed by atoms with Gasteiger partial charge in [-0.05, 0) is 37.5 Å². The zero-order valence-corrected chi connectivity index (χ0v) is 10.00. The van der Waals surface area contributed by atoms with Crippen molar-refractivity contribution in [3.05, 3.63) is 29.6 Å². The molecule has 0 aliphatic heterocycles. The standard InChI is InChI=1S/C13H13FN2O2/c1-18-12(17)10-4-3-9(7-11(10)14)16-13(8-15)5-2-6-13/h3-4,7,16H,2,5-6H2,1H3. The predicted octanol–water partition coefficient (Wildman–Crippen LogP) is 2.47. The van der Waals surface area contributed by atoms with Gasteiger partial charge in [0.25, 0.3) is 0 Å². The molecule has 0 radical (unpaired) electrons. The van der Waals surface area contributed by atoms with Gasteiger partial charge in [-0.2, -0.15) is 5.26 Å². The number of anilines is 1. The van der Waals surface area contributed by atoms with Crippen LogP contribution in [0.3, 0.4) is 0 Å². The summed E-state index contributed by atoms with van der Waals surface area (Å²) >= 11 is 0. The van der Waals surface area contributed by atoms with Crippen LogP contribution in [0.2, 0.25) is 0 Å². The fourth-order valence-corrected chi connectivity index (χ4v) is 1.94. The Hall–Kier alpha value is -2.09. The maximum absolute atomic E-state index is 13.7. The van der Waals surface area contributed by atoms with E-state index in [4.69, 9.17) is 5.26 Å². The van der Waals surface area contributed by atoms with Crippen molar-refractivity contribution < 1.29 is 13.9 Å². The molecule has 4 nitrogen and oxygen atoms in total. The van der Waals surface area contributed by atoms with E-state index >= 15 is 0 Å². The molecule has 0 aromatic heterocycles. The first-order valence-corrected chi connectivity index (χ1v) is 5.67. The number of nitriles is 1. The molecule has 0 unspecified atom stereocenters. The van der Waals surface area contributed by atoms with Gasteiger partial charge >= 0.3 is 5.97 Å². The van der Waals surface area contributed by atoms with Crippen molar-refractivity contribution in [1.29, 1.82) is 5.26 Å². The molecule has 0 saturated heterocycles. The number of nitrogens with one attached hydrogen (secondary N) is 1. The zero-order valence-electron chi connectivity index (χ0n) is 10.00. The van der Waals surface area contributed by atoms with Crippen LogP contribution in [-0.2, 0) is 4.74 Å². The minimum Gasteiger partial charge on any atom is -0.465 e. The minimum absolute atomic E-state index is 0.109. The SMILES string of the molecule is COC(=O)c1ccc(NC2(C#N)CCC2)cc1F. The smallest absolute Gasteiger partial charge is 0.340 e. The van der Waals surface area contributed by atoms with Gasteiger partial charge in [-0.3, -0.25) is 0 Å². The Labute approximate surface area is 104 Å². The fourth-order valence-electron chi connectivity index (χ4n) is 1.94. The summed E-state index contributed by atoms with van der Waals surface area (Å²) < 4.78 is 18.1. The van der Waals surface area contributed by atoms with Gasteiger partial charge in [0.05, 0.1) is 18.7 Å². The van der Waals surface area contributed by atoms with Crippen molar-refractivity contribution >= 4 is 11.7 Å². The molecule has 0 bridgehead atoms. The van der Waals surface area contributed by atoms with E-state index in [-0.39, 0.29) is 5.56 Å². The summed E-state index contributed by atoms with van der Waals surface area (Å²) in [5, 5.41) is 12.1. The third-order valence-corrected chi connectivity index (χ3v) is 3.18. The number of carbonyl (C=O) groups excluding carboxylic acids is 1. The first kappa shape index (κ1) is 12.4. The molecule has 5 heteroatoms. The number of ether oxygens (including phenoxy) is 1. The lowest BCUT2D eigenvalue weighted by atomic mass is 9.78. The van der Waals surface area contributed by atoms with E-state index in [1.807, 2.05) is 0 Å². The summed E-state index contributed by atoms with van der Waals surface area (Å²) in [7, 11) is 1.20. The summed E-state index contributed by atoms with van der Waals surface area (Å²) in [5.41, 5.74) is -0.191. The molecule has 1 N–H and O–H groups in total. The highest BCUT2D eigenvalue weighted by atomic mass is 19.1. The monoisotopic (exact) mass is 248 g/mol. The third kappa shape index (κ3) is 2.14. The van der Waals surface area contributed by atoms with Gasteiger partial charge in [0.15, 0.2) is 0 Å². The summed E-state index contributed by atoms with van der Waals surface area (Å²) in [6.07, 6.45) is 2.50. The first-order valence-electron chi connectivity index (χ1n) is 5.67. The van der Waals surface area contributed by atoms with E-state index in [0.717, 1.165) is 19.3 Å². The molecule has 1 saturated carbocycles. The van der Waals surface area contributed by atoms with Crippen LogP contribution in [0, 0.1) is 17.1 Å². The number of carbonyl (C=O) groups is 1. The Morgan fingerprint density at radius 2 is 2.28 bits per heavy atom. The minimum atomic E-state index is -0.710. The molecule has 0 heterocycles. The van der Waals surface area contributed by atoms with E-state index in [0.29, 0.717) is 5.69 Å². The van der Waals surface area contributed by atoms with E-state index in [1.165, 1.54) is 19.2 Å². The second-order valence-electron chi connectivity index (χ2n) is 4.36. The molecule has 0 atom stereocenters. The maximum Gasteiger partial charge on any atom is 0.340 e. The highest BCUT2D eigenvalue weighted by Crippen LogP contribution is 2.34. The van der Waals surface area contributed by atoms with Crippen LogP contribution in [0.25, 0.3) is 0 Å². The molecule has 1 fully saturated rings. The number of nitrogens with zero attached hydrogens (tertiary/aromatic N) is 1. The number of hydrogen-bond acceptors (Lipinski definition) is 4. The molecule has 0 spiro atoms. The third-order valence-electron chi connectivity index (χ3n) is 3.18. The molecule has 1 aromatic carbocycles. The van der Waals surface area contributed by atoms with Crippen LogP contribution in [-0.4, -0.2) is 18.6 Å². The number of methoxy groups -OCH3 is 1. The van der Waals surface area contributed by atoms with Crippen LogP contribution in [0.1, 0.15) is 29.6 Å². The first-order chi connectivity index (χ1) is 8.60. The summed E-state index contributed by atoms with van der Waals surface area (Å²) in [4.78, 5) is 11.2. The van der Waals surface area contributed by atoms with Crippen LogP contribution in [0.4, 0.5) is 10.1 Å². The van der Waals surface area contributed by atoms with Crippen molar-refractivity contribution in [1.82, 2.24) is 0 Å². The van der Waals surface area contributed by atoms with Crippen LogP contribution in [0.5, 0.6) is 0 Å². The maximum atomic E-state index is 13.7. The summed E-state index contributed by atoms with van der Waals surface area (Å²) in [5.74, 6) is -1.36. The molecular weight excluding hydrogens is 235 g/mol. The Bertz CT molecular complexity index is 518. The Morgan fingerprint density at radius 1 is 1.56 bits per heavy atom. The number of esters is 1. The topological polar surface area (TPSA) is 62.1 Å². The molecular formula is C13H13FN2O2. The quantitative estimate of drug-likeness (QED) is 0.835. The average Bonchev–Trinajstić information content (AvgIpc) is 2.33. The lowest BCUT2D eigenvalue weighted by molar-refractivity contribution is 0.0595. The second-order valence-corrected chi connectivity index (χ2v) is 4.36. The molecule has 1 aromatic rings. The number of rotatable bonds is 3. The Morgan fingerprint density at radius 3 is 2.72 bits per heavy atom. The highest BCUT2D eigenvalue weighted by Gasteiger charge is 2.37. The normalized spacial score (nSPS) is 16.3. The summed E-state index contributed by atoms with van der Waals surface area (Å²) in [6, 6.07) is 6.35. The van der Waals surface area contributed by atoms with Gasteiger partial charge in [-0.25, -0.2) is 9.18 Å². The van der Waals surface area contributed by atoms with Crippen LogP contribution >= 0.6 is 0 Å². The van der Waals surface area contributed by atoms with Gasteiger partial charge in [-0.15, -0.1) is 0 Å². The van der Waals surface area contributed by atoms with Gasteiger partial charge in [0.2, 0.25) is 0 Å². The zero-order chi connectivity index (χ0) is 13.2. The van der Waals surface area contributed by atoms with E-state index in [1.54, 1.807) is 6.07 Å². The van der Waals surface area contributed by atoms with Gasteiger partial charge < -0.3 is 10.1 Å². The molecule has 0 amide bonds. The lowest BCUT2D eigenvalue weighted by Gasteiger charge is -2.36. The van der Waals surface area contributed by atoms with E-state index in [9.17, 15) is 9.18 Å². The Kier molecular flexibility index (Phi) is 3.19. The fraction of sp³-hybridized carbons (Fsp3) is 0.385. The lowest BCUT2D eigenvalue weighted by Crippen LogP contribution is -2.43. The molecule has 1 aliphatic carbocycles. The Balaban J connectivity index is 2.19. The molecule has 1 aliphatic rings. The largest absolute Gasteiger partial charge is 0.465 e. The number of benzene rings is 1. The van der Waals surface area contributed by atoms with E-state index in [2.05, 4.69) is 16.1 Å². The van der Waals surface area contributed by atoms with Gasteiger partial charge in [0.1, 0.15) is 11.4 Å². The van der Waals surface area contributed by atoms with Crippen molar-refractivity contribution in [3.8, 4) is 6.07 Å². The highest BCUT2D eigenvalue weighted by molar-refractivity contribution is 5.90. The predicted molar refractivity (Wildman–Crippen MR) is 63.6 cm³/mol. The van der Waals surface area contributed by atoms with Crippen LogP contribution in [0.15, 0.2) is 18.2 Å². The van der Waals surface area contributed by atoms with Crippen molar-refractivity contribution in [2.75, 3.05) is 12.4 Å². The summed E-state index contributed by atoms with van der Waals surface area (Å²) in [6.45, 7) is 0. The second kappa shape index (κ2) is 4.65. The number of hydrogen-bond donors (Lipinski definition) is 1. The van der Waals surface area contributed by atoms with Gasteiger partial charge in [0, 0.05) is 5.69 Å². The molecule has 18 heavy (non-hydrogen) atoms. The molecule has 94 valence electrons. The van der Waals surface area contributed by atoms with E-state index < -0.39 is 17.3 Å². The number of halogens is 1. The van der Waals surface area contributed by atoms with Gasteiger partial charge in [-0.1, -0.05) is 0 Å². The van der Waals surface area contributed by atoms with Crippen molar-refractivity contribution in [2.24, 2.45) is 0 Å². The van der Waals surface area contributed by atoms with Crippen LogP contribution < -0.4 is 5.32 Å². The molecule has 2 rings (SSSR count). The van der Waals surface area contributed by atoms with Crippen molar-refractivity contribution in [3.63, 3.8) is 0 Å². The van der Waals surface area contributed by atoms with Crippen molar-refractivity contribution in [2.45, 2.75) is 24.8 Å².